The van der Waals surface area contributed by atoms with Crippen LogP contribution in [0.3, 0.4) is 0 Å². The second kappa shape index (κ2) is 7.07. The molecule has 2 unspecified atom stereocenters. The minimum Gasteiger partial charge on any atom is -0.496 e. The van der Waals surface area contributed by atoms with Gasteiger partial charge in [0.25, 0.3) is 0 Å². The van der Waals surface area contributed by atoms with Crippen molar-refractivity contribution < 1.29 is 28.5 Å². The molecule has 0 fully saturated rings. The van der Waals surface area contributed by atoms with Crippen LogP contribution in [0.4, 0.5) is 0 Å². The molecule has 136 valence electrons. The Bertz CT molecular complexity index is 840. The molecule has 2 atom stereocenters. The predicted molar refractivity (Wildman–Crippen MR) is 93.7 cm³/mol. The van der Waals surface area contributed by atoms with Crippen molar-refractivity contribution in [2.24, 2.45) is 5.92 Å². The van der Waals surface area contributed by atoms with E-state index >= 15 is 0 Å². The normalized spacial score (nSPS) is 18.5. The SMILES string of the molecule is COC(=O)C1C(=O)Oc2cc(OC)cc(OC)c2C1c1ccc(C)cc1. The van der Waals surface area contributed by atoms with Gasteiger partial charge in [-0.1, -0.05) is 29.8 Å². The van der Waals surface area contributed by atoms with Crippen LogP contribution in [0.2, 0.25) is 0 Å². The summed E-state index contributed by atoms with van der Waals surface area (Å²) in [7, 11) is 4.29. The zero-order valence-electron chi connectivity index (χ0n) is 15.1. The summed E-state index contributed by atoms with van der Waals surface area (Å²) in [4.78, 5) is 25.0. The quantitative estimate of drug-likeness (QED) is 0.477. The van der Waals surface area contributed by atoms with Crippen LogP contribution in [0.15, 0.2) is 36.4 Å². The maximum absolute atomic E-state index is 12.6. The van der Waals surface area contributed by atoms with Crippen LogP contribution in [0.25, 0.3) is 0 Å². The van der Waals surface area contributed by atoms with Crippen LogP contribution < -0.4 is 14.2 Å². The van der Waals surface area contributed by atoms with Gasteiger partial charge in [-0.05, 0) is 12.5 Å². The van der Waals surface area contributed by atoms with Gasteiger partial charge in [0, 0.05) is 23.6 Å². The van der Waals surface area contributed by atoms with Crippen molar-refractivity contribution in [3.63, 3.8) is 0 Å². The van der Waals surface area contributed by atoms with Crippen LogP contribution in [0.5, 0.6) is 17.2 Å². The molecule has 0 amide bonds. The Labute approximate surface area is 151 Å². The minimum absolute atomic E-state index is 0.317. The summed E-state index contributed by atoms with van der Waals surface area (Å²) in [6.07, 6.45) is 0. The zero-order chi connectivity index (χ0) is 18.8. The number of methoxy groups -OCH3 is 3. The fourth-order valence-electron chi connectivity index (χ4n) is 3.22. The van der Waals surface area contributed by atoms with Gasteiger partial charge in [-0.2, -0.15) is 0 Å². The lowest BCUT2D eigenvalue weighted by Crippen LogP contribution is -2.38. The third kappa shape index (κ3) is 2.98. The number of fused-ring (bicyclic) bond motifs is 1. The number of ether oxygens (including phenoxy) is 4. The molecule has 0 aliphatic carbocycles. The fraction of sp³-hybridized carbons (Fsp3) is 0.300. The molecule has 0 saturated carbocycles. The number of hydrogen-bond acceptors (Lipinski definition) is 6. The second-order valence-electron chi connectivity index (χ2n) is 6.05. The van der Waals surface area contributed by atoms with E-state index in [1.54, 1.807) is 12.1 Å². The standard InChI is InChI=1S/C20H20O6/c1-11-5-7-12(8-6-11)16-17-14(24-3)9-13(23-2)10-15(17)26-20(22)18(16)19(21)25-4/h5-10,16,18H,1-4H3. The van der Waals surface area contributed by atoms with Gasteiger partial charge in [-0.15, -0.1) is 0 Å². The van der Waals surface area contributed by atoms with E-state index in [2.05, 4.69) is 0 Å². The Morgan fingerprint density at radius 3 is 2.31 bits per heavy atom. The third-order valence-corrected chi connectivity index (χ3v) is 4.53. The second-order valence-corrected chi connectivity index (χ2v) is 6.05. The molecule has 1 aliphatic heterocycles. The molecule has 0 bridgehead atoms. The van der Waals surface area contributed by atoms with Crippen LogP contribution in [-0.2, 0) is 14.3 Å². The highest BCUT2D eigenvalue weighted by Gasteiger charge is 2.46. The Balaban J connectivity index is 2.26. The van der Waals surface area contributed by atoms with Crippen molar-refractivity contribution in [1.82, 2.24) is 0 Å². The maximum Gasteiger partial charge on any atom is 0.326 e. The molecule has 2 aromatic rings. The first-order chi connectivity index (χ1) is 12.5. The number of carbonyl (C=O) groups is 2. The average Bonchev–Trinajstić information content (AvgIpc) is 2.66. The molecule has 2 aromatic carbocycles. The van der Waals surface area contributed by atoms with Gasteiger partial charge in [0.1, 0.15) is 17.2 Å². The van der Waals surface area contributed by atoms with Crippen molar-refractivity contribution in [2.45, 2.75) is 12.8 Å². The van der Waals surface area contributed by atoms with Gasteiger partial charge in [0.05, 0.1) is 21.3 Å². The van der Waals surface area contributed by atoms with Crippen LogP contribution in [-0.4, -0.2) is 33.3 Å². The number of aryl methyl sites for hydroxylation is 1. The molecule has 0 saturated heterocycles. The van der Waals surface area contributed by atoms with E-state index in [0.29, 0.717) is 22.8 Å². The largest absolute Gasteiger partial charge is 0.496 e. The molecule has 26 heavy (non-hydrogen) atoms. The molecule has 6 heteroatoms. The zero-order valence-corrected chi connectivity index (χ0v) is 15.1. The summed E-state index contributed by atoms with van der Waals surface area (Å²) in [5.41, 5.74) is 2.49. The first-order valence-electron chi connectivity index (χ1n) is 8.12. The number of hydrogen-bond donors (Lipinski definition) is 0. The molecule has 1 aliphatic rings. The van der Waals surface area contributed by atoms with Gasteiger partial charge in [0.15, 0.2) is 5.92 Å². The molecule has 6 nitrogen and oxygen atoms in total. The van der Waals surface area contributed by atoms with Gasteiger partial charge in [-0.25, -0.2) is 0 Å². The number of carbonyl (C=O) groups excluding carboxylic acids is 2. The number of esters is 2. The molecule has 3 rings (SSSR count). The highest BCUT2D eigenvalue weighted by molar-refractivity contribution is 5.99. The lowest BCUT2D eigenvalue weighted by atomic mass is 9.78. The number of rotatable bonds is 4. The highest BCUT2D eigenvalue weighted by atomic mass is 16.6. The van der Waals surface area contributed by atoms with Crippen molar-refractivity contribution >= 4 is 11.9 Å². The molecule has 0 spiro atoms. The van der Waals surface area contributed by atoms with E-state index in [1.807, 2.05) is 31.2 Å². The van der Waals surface area contributed by atoms with Gasteiger partial charge in [-0.3, -0.25) is 9.59 Å². The molecule has 0 aromatic heterocycles. The Kier molecular flexibility index (Phi) is 4.84. The van der Waals surface area contributed by atoms with E-state index < -0.39 is 23.8 Å². The van der Waals surface area contributed by atoms with Gasteiger partial charge >= 0.3 is 11.9 Å². The van der Waals surface area contributed by atoms with Crippen LogP contribution in [0.1, 0.15) is 22.6 Å². The lowest BCUT2D eigenvalue weighted by molar-refractivity contribution is -0.157. The molecular weight excluding hydrogens is 336 g/mol. The summed E-state index contributed by atoms with van der Waals surface area (Å²) in [5.74, 6) is -1.72. The maximum atomic E-state index is 12.6. The van der Waals surface area contributed by atoms with E-state index in [-0.39, 0.29) is 0 Å². The summed E-state index contributed by atoms with van der Waals surface area (Å²) < 4.78 is 21.0. The predicted octanol–water partition coefficient (Wildman–Crippen LogP) is 2.85. The van der Waals surface area contributed by atoms with Crippen molar-refractivity contribution in [2.75, 3.05) is 21.3 Å². The topological polar surface area (TPSA) is 71.1 Å². The van der Waals surface area contributed by atoms with Crippen molar-refractivity contribution in [3.8, 4) is 17.2 Å². The third-order valence-electron chi connectivity index (χ3n) is 4.53. The number of benzene rings is 2. The minimum atomic E-state index is -1.11. The van der Waals surface area contributed by atoms with E-state index in [1.165, 1.54) is 21.3 Å². The first kappa shape index (κ1) is 17.8. The fourth-order valence-corrected chi connectivity index (χ4v) is 3.22. The summed E-state index contributed by atoms with van der Waals surface area (Å²) in [6.45, 7) is 1.97. The van der Waals surface area contributed by atoms with Gasteiger partial charge in [0.2, 0.25) is 0 Å². The van der Waals surface area contributed by atoms with E-state index in [0.717, 1.165) is 11.1 Å². The Morgan fingerprint density at radius 1 is 1.04 bits per heavy atom. The van der Waals surface area contributed by atoms with E-state index in [9.17, 15) is 9.59 Å². The smallest absolute Gasteiger partial charge is 0.326 e. The van der Waals surface area contributed by atoms with Crippen LogP contribution in [0, 0.1) is 12.8 Å². The Morgan fingerprint density at radius 2 is 1.73 bits per heavy atom. The summed E-state index contributed by atoms with van der Waals surface area (Å²) in [6, 6.07) is 11.0. The Hall–Kier alpha value is -3.02. The van der Waals surface area contributed by atoms with Crippen molar-refractivity contribution in [1.29, 1.82) is 0 Å². The average molecular weight is 356 g/mol. The molecule has 0 radical (unpaired) electrons. The monoisotopic (exact) mass is 356 g/mol. The highest BCUT2D eigenvalue weighted by Crippen LogP contribution is 2.48. The molecular formula is C20H20O6. The summed E-state index contributed by atoms with van der Waals surface area (Å²) >= 11 is 0. The van der Waals surface area contributed by atoms with Crippen LogP contribution >= 0.6 is 0 Å². The molecule has 1 heterocycles. The van der Waals surface area contributed by atoms with Gasteiger partial charge < -0.3 is 18.9 Å². The summed E-state index contributed by atoms with van der Waals surface area (Å²) in [5, 5.41) is 0. The van der Waals surface area contributed by atoms with E-state index in [4.69, 9.17) is 18.9 Å². The first-order valence-corrected chi connectivity index (χ1v) is 8.12. The van der Waals surface area contributed by atoms with Crippen molar-refractivity contribution in [3.05, 3.63) is 53.1 Å². The lowest BCUT2D eigenvalue weighted by Gasteiger charge is -2.32. The molecule has 0 N–H and O–H groups in total.